The molecule has 3 saturated carbocycles. The molecule has 0 heterocycles. The standard InChI is InChI=1S/C17H27N/c1-2-12-3-7-16-14(9-12)5-6-15-10-13(11-18)4-8-17(15)16/h12-17H,2-10H2,1H3. The minimum Gasteiger partial charge on any atom is -0.198 e. The summed E-state index contributed by atoms with van der Waals surface area (Å²) in [5.74, 6) is 5.39. The van der Waals surface area contributed by atoms with Crippen LogP contribution >= 0.6 is 0 Å². The van der Waals surface area contributed by atoms with Crippen LogP contribution in [-0.2, 0) is 0 Å². The SMILES string of the molecule is CCC1CCC2C(CCC3CC(C#N)CCC32)C1. The van der Waals surface area contributed by atoms with E-state index >= 15 is 0 Å². The van der Waals surface area contributed by atoms with Crippen LogP contribution in [0.5, 0.6) is 0 Å². The summed E-state index contributed by atoms with van der Waals surface area (Å²) in [6.07, 6.45) is 12.6. The largest absolute Gasteiger partial charge is 0.198 e. The molecule has 0 aliphatic heterocycles. The van der Waals surface area contributed by atoms with E-state index in [1.165, 1.54) is 57.8 Å². The summed E-state index contributed by atoms with van der Waals surface area (Å²) in [6, 6.07) is 2.53. The molecule has 3 fully saturated rings. The molecular formula is C17H27N. The van der Waals surface area contributed by atoms with Crippen molar-refractivity contribution in [3.63, 3.8) is 0 Å². The van der Waals surface area contributed by atoms with Crippen molar-refractivity contribution in [1.29, 1.82) is 5.26 Å². The van der Waals surface area contributed by atoms with E-state index in [-0.39, 0.29) is 0 Å². The Hall–Kier alpha value is -0.510. The first-order valence-electron chi connectivity index (χ1n) is 8.21. The van der Waals surface area contributed by atoms with E-state index in [2.05, 4.69) is 13.0 Å². The molecular weight excluding hydrogens is 218 g/mol. The highest BCUT2D eigenvalue weighted by Gasteiger charge is 2.44. The van der Waals surface area contributed by atoms with Gasteiger partial charge in [0.05, 0.1) is 6.07 Å². The average Bonchev–Trinajstić information content (AvgIpc) is 2.45. The monoisotopic (exact) mass is 245 g/mol. The van der Waals surface area contributed by atoms with E-state index in [0.29, 0.717) is 5.92 Å². The van der Waals surface area contributed by atoms with Gasteiger partial charge in [-0.05, 0) is 74.5 Å². The summed E-state index contributed by atoms with van der Waals surface area (Å²) in [5.41, 5.74) is 0. The molecule has 0 aromatic rings. The molecule has 100 valence electrons. The lowest BCUT2D eigenvalue weighted by molar-refractivity contribution is 0.00377. The van der Waals surface area contributed by atoms with Crippen molar-refractivity contribution >= 4 is 0 Å². The van der Waals surface area contributed by atoms with Gasteiger partial charge in [0.15, 0.2) is 0 Å². The maximum atomic E-state index is 9.13. The Morgan fingerprint density at radius 3 is 2.22 bits per heavy atom. The minimum absolute atomic E-state index is 0.384. The molecule has 6 unspecified atom stereocenters. The first-order valence-corrected chi connectivity index (χ1v) is 8.21. The lowest BCUT2D eigenvalue weighted by atomic mass is 9.55. The normalized spacial score (nSPS) is 47.8. The first-order chi connectivity index (χ1) is 8.81. The molecule has 0 N–H and O–H groups in total. The minimum atomic E-state index is 0.384. The summed E-state index contributed by atoms with van der Waals surface area (Å²) in [5, 5.41) is 9.13. The Labute approximate surface area is 112 Å². The number of hydrogen-bond acceptors (Lipinski definition) is 1. The first kappa shape index (κ1) is 12.5. The summed E-state index contributed by atoms with van der Waals surface area (Å²) < 4.78 is 0. The van der Waals surface area contributed by atoms with Crippen LogP contribution in [0.2, 0.25) is 0 Å². The van der Waals surface area contributed by atoms with E-state index in [1.807, 2.05) is 0 Å². The third kappa shape index (κ3) is 2.20. The molecule has 0 spiro atoms. The molecule has 3 aliphatic rings. The summed E-state index contributed by atoms with van der Waals surface area (Å²) in [6.45, 7) is 2.37. The van der Waals surface area contributed by atoms with Crippen LogP contribution in [0.1, 0.15) is 64.7 Å². The zero-order valence-corrected chi connectivity index (χ0v) is 11.8. The van der Waals surface area contributed by atoms with Gasteiger partial charge >= 0.3 is 0 Å². The molecule has 1 heteroatoms. The van der Waals surface area contributed by atoms with Gasteiger partial charge in [0.2, 0.25) is 0 Å². The molecule has 0 radical (unpaired) electrons. The van der Waals surface area contributed by atoms with Crippen molar-refractivity contribution in [1.82, 2.24) is 0 Å². The van der Waals surface area contributed by atoms with Gasteiger partial charge in [-0.2, -0.15) is 5.26 Å². The van der Waals surface area contributed by atoms with Crippen molar-refractivity contribution < 1.29 is 0 Å². The van der Waals surface area contributed by atoms with Crippen molar-refractivity contribution in [3.05, 3.63) is 0 Å². The summed E-state index contributed by atoms with van der Waals surface area (Å²) in [4.78, 5) is 0. The van der Waals surface area contributed by atoms with Crippen LogP contribution in [0, 0.1) is 46.8 Å². The van der Waals surface area contributed by atoms with E-state index in [0.717, 1.165) is 29.6 Å². The average molecular weight is 245 g/mol. The maximum Gasteiger partial charge on any atom is 0.0655 e. The van der Waals surface area contributed by atoms with Gasteiger partial charge in [0.1, 0.15) is 0 Å². The fourth-order valence-corrected chi connectivity index (χ4v) is 5.38. The van der Waals surface area contributed by atoms with Crippen molar-refractivity contribution in [3.8, 4) is 6.07 Å². The Morgan fingerprint density at radius 2 is 1.56 bits per heavy atom. The summed E-state index contributed by atoms with van der Waals surface area (Å²) >= 11 is 0. The van der Waals surface area contributed by atoms with Crippen molar-refractivity contribution in [2.45, 2.75) is 64.7 Å². The van der Waals surface area contributed by atoms with Crippen molar-refractivity contribution in [2.75, 3.05) is 0 Å². The van der Waals surface area contributed by atoms with Gasteiger partial charge in [-0.1, -0.05) is 19.8 Å². The van der Waals surface area contributed by atoms with E-state index in [9.17, 15) is 0 Å². The number of hydrogen-bond donors (Lipinski definition) is 0. The topological polar surface area (TPSA) is 23.8 Å². The Morgan fingerprint density at radius 1 is 0.889 bits per heavy atom. The van der Waals surface area contributed by atoms with Gasteiger partial charge in [-0.15, -0.1) is 0 Å². The van der Waals surface area contributed by atoms with Gasteiger partial charge in [0.25, 0.3) is 0 Å². The predicted molar refractivity (Wildman–Crippen MR) is 73.8 cm³/mol. The number of nitrogens with zero attached hydrogens (tertiary/aromatic N) is 1. The zero-order chi connectivity index (χ0) is 12.5. The molecule has 0 saturated heterocycles. The molecule has 3 aliphatic carbocycles. The highest BCUT2D eigenvalue weighted by atomic mass is 14.5. The smallest absolute Gasteiger partial charge is 0.0655 e. The van der Waals surface area contributed by atoms with Gasteiger partial charge in [-0.3, -0.25) is 0 Å². The maximum absolute atomic E-state index is 9.13. The third-order valence-corrected chi connectivity index (χ3v) is 6.41. The zero-order valence-electron chi connectivity index (χ0n) is 11.8. The molecule has 6 atom stereocenters. The Bertz CT molecular complexity index is 329. The van der Waals surface area contributed by atoms with Crippen LogP contribution in [-0.4, -0.2) is 0 Å². The third-order valence-electron chi connectivity index (χ3n) is 6.41. The number of nitriles is 1. The van der Waals surface area contributed by atoms with Crippen LogP contribution in [0.4, 0.5) is 0 Å². The predicted octanol–water partition coefficient (Wildman–Crippen LogP) is 4.78. The van der Waals surface area contributed by atoms with Crippen LogP contribution in [0.15, 0.2) is 0 Å². The second-order valence-electron chi connectivity index (χ2n) is 7.15. The van der Waals surface area contributed by atoms with Gasteiger partial charge < -0.3 is 0 Å². The van der Waals surface area contributed by atoms with Crippen LogP contribution in [0.25, 0.3) is 0 Å². The van der Waals surface area contributed by atoms with E-state index < -0.39 is 0 Å². The number of rotatable bonds is 1. The second kappa shape index (κ2) is 5.24. The lowest BCUT2D eigenvalue weighted by Crippen LogP contribution is -2.41. The quantitative estimate of drug-likeness (QED) is 0.652. The number of fused-ring (bicyclic) bond motifs is 3. The molecule has 0 amide bonds. The molecule has 1 nitrogen and oxygen atoms in total. The molecule has 18 heavy (non-hydrogen) atoms. The fourth-order valence-electron chi connectivity index (χ4n) is 5.38. The Kier molecular flexibility index (Phi) is 3.64. The van der Waals surface area contributed by atoms with Crippen LogP contribution in [0.3, 0.4) is 0 Å². The lowest BCUT2D eigenvalue weighted by Gasteiger charge is -2.50. The molecule has 0 aromatic carbocycles. The van der Waals surface area contributed by atoms with E-state index in [4.69, 9.17) is 5.26 Å². The van der Waals surface area contributed by atoms with Gasteiger partial charge in [0, 0.05) is 5.92 Å². The van der Waals surface area contributed by atoms with Crippen molar-refractivity contribution in [2.24, 2.45) is 35.5 Å². The molecule has 0 bridgehead atoms. The Balaban J connectivity index is 1.67. The second-order valence-corrected chi connectivity index (χ2v) is 7.15. The molecule has 3 rings (SSSR count). The highest BCUT2D eigenvalue weighted by molar-refractivity contribution is 4.97. The molecule has 0 aromatic heterocycles. The van der Waals surface area contributed by atoms with E-state index in [1.54, 1.807) is 0 Å². The van der Waals surface area contributed by atoms with Crippen LogP contribution < -0.4 is 0 Å². The highest BCUT2D eigenvalue weighted by Crippen LogP contribution is 2.53. The summed E-state index contributed by atoms with van der Waals surface area (Å²) in [7, 11) is 0. The fraction of sp³-hybridized carbons (Fsp3) is 0.941. The van der Waals surface area contributed by atoms with Gasteiger partial charge in [-0.25, -0.2) is 0 Å².